The molecule has 1 heterocycles. The van der Waals surface area contributed by atoms with Crippen LogP contribution in [-0.2, 0) is 6.42 Å². The fraction of sp³-hybridized carbons (Fsp3) is 0.381. The molecule has 3 rings (SSSR count). The third kappa shape index (κ3) is 5.38. The van der Waals surface area contributed by atoms with Crippen LogP contribution in [0.5, 0.6) is 0 Å². The second kappa shape index (κ2) is 10.1. The van der Waals surface area contributed by atoms with Gasteiger partial charge in [0.05, 0.1) is 5.84 Å². The highest BCUT2D eigenvalue weighted by Gasteiger charge is 2.06. The number of amidine groups is 1. The van der Waals surface area contributed by atoms with Gasteiger partial charge in [-0.25, -0.2) is 0 Å². The lowest BCUT2D eigenvalue weighted by Crippen LogP contribution is -2.26. The van der Waals surface area contributed by atoms with Crippen LogP contribution >= 0.6 is 12.4 Å². The molecule has 0 aromatic heterocycles. The summed E-state index contributed by atoms with van der Waals surface area (Å²) in [7, 11) is 0. The summed E-state index contributed by atoms with van der Waals surface area (Å²) in [6, 6.07) is 19.4. The first-order chi connectivity index (χ1) is 11.4. The van der Waals surface area contributed by atoms with Crippen molar-refractivity contribution < 1.29 is 0 Å². The Bertz CT molecular complexity index is 637. The molecule has 0 spiro atoms. The summed E-state index contributed by atoms with van der Waals surface area (Å²) in [5.41, 5.74) is 4.04. The molecule has 0 fully saturated rings. The molecule has 24 heavy (non-hydrogen) atoms. The highest BCUT2D eigenvalue weighted by molar-refractivity contribution is 5.85. The first kappa shape index (κ1) is 18.5. The molecule has 0 amide bonds. The smallest absolute Gasteiger partial charge is 0.0963 e. The average molecular weight is 343 g/mol. The molecule has 1 aliphatic rings. The van der Waals surface area contributed by atoms with E-state index in [1.165, 1.54) is 48.2 Å². The van der Waals surface area contributed by atoms with Gasteiger partial charge in [0.1, 0.15) is 0 Å². The van der Waals surface area contributed by atoms with E-state index in [1.807, 2.05) is 0 Å². The van der Waals surface area contributed by atoms with Crippen LogP contribution < -0.4 is 5.32 Å². The van der Waals surface area contributed by atoms with Crippen LogP contribution in [0.25, 0.3) is 11.1 Å². The van der Waals surface area contributed by atoms with Crippen LogP contribution in [0.1, 0.15) is 37.7 Å². The van der Waals surface area contributed by atoms with E-state index in [0.717, 1.165) is 25.9 Å². The summed E-state index contributed by atoms with van der Waals surface area (Å²) in [6.45, 7) is 1.95. The molecule has 0 radical (unpaired) electrons. The van der Waals surface area contributed by atoms with E-state index in [1.54, 1.807) is 0 Å². The van der Waals surface area contributed by atoms with Crippen molar-refractivity contribution in [1.82, 2.24) is 5.32 Å². The zero-order chi connectivity index (χ0) is 15.7. The number of hydrogen-bond acceptors (Lipinski definition) is 2. The van der Waals surface area contributed by atoms with Crippen molar-refractivity contribution in [3.05, 3.63) is 60.2 Å². The van der Waals surface area contributed by atoms with Crippen LogP contribution in [0, 0.1) is 0 Å². The van der Waals surface area contributed by atoms with Gasteiger partial charge in [-0.1, -0.05) is 67.4 Å². The van der Waals surface area contributed by atoms with E-state index < -0.39 is 0 Å². The Kier molecular flexibility index (Phi) is 7.84. The predicted molar refractivity (Wildman–Crippen MR) is 106 cm³/mol. The average Bonchev–Trinajstić information content (AvgIpc) is 2.58. The van der Waals surface area contributed by atoms with Gasteiger partial charge in [-0.2, -0.15) is 0 Å². The number of rotatable bonds is 4. The Morgan fingerprint density at radius 1 is 0.833 bits per heavy atom. The zero-order valence-corrected chi connectivity index (χ0v) is 15.0. The summed E-state index contributed by atoms with van der Waals surface area (Å²) in [6.07, 6.45) is 7.33. The van der Waals surface area contributed by atoms with Crippen molar-refractivity contribution >= 4 is 18.2 Å². The minimum absolute atomic E-state index is 0. The van der Waals surface area contributed by atoms with Crippen LogP contribution in [0.3, 0.4) is 0 Å². The number of benzene rings is 2. The van der Waals surface area contributed by atoms with E-state index in [-0.39, 0.29) is 12.4 Å². The first-order valence-corrected chi connectivity index (χ1v) is 8.84. The van der Waals surface area contributed by atoms with E-state index >= 15 is 0 Å². The Labute approximate surface area is 151 Å². The fourth-order valence-electron chi connectivity index (χ4n) is 3.17. The predicted octanol–water partition coefficient (Wildman–Crippen LogP) is 5.27. The maximum atomic E-state index is 4.70. The van der Waals surface area contributed by atoms with Crippen LogP contribution in [0.4, 0.5) is 0 Å². The zero-order valence-electron chi connectivity index (χ0n) is 14.2. The molecule has 0 aliphatic carbocycles. The van der Waals surface area contributed by atoms with Gasteiger partial charge in [-0.15, -0.1) is 12.4 Å². The second-order valence-corrected chi connectivity index (χ2v) is 6.19. The number of nitrogens with one attached hydrogen (secondary N) is 1. The molecule has 128 valence electrons. The number of nitrogens with zero attached hydrogens (tertiary/aromatic N) is 1. The minimum Gasteiger partial charge on any atom is -0.374 e. The summed E-state index contributed by atoms with van der Waals surface area (Å²) < 4.78 is 0. The Balaban J connectivity index is 0.00000208. The lowest BCUT2D eigenvalue weighted by Gasteiger charge is -2.14. The molecule has 1 N–H and O–H groups in total. The fourth-order valence-corrected chi connectivity index (χ4v) is 3.17. The van der Waals surface area contributed by atoms with Gasteiger partial charge in [0.15, 0.2) is 0 Å². The third-order valence-corrected chi connectivity index (χ3v) is 4.45. The second-order valence-electron chi connectivity index (χ2n) is 6.19. The normalized spacial score (nSPS) is 14.8. The summed E-state index contributed by atoms with van der Waals surface area (Å²) in [5, 5.41) is 3.57. The van der Waals surface area contributed by atoms with E-state index in [4.69, 9.17) is 4.99 Å². The van der Waals surface area contributed by atoms with E-state index in [9.17, 15) is 0 Å². The lowest BCUT2D eigenvalue weighted by atomic mass is 9.98. The molecule has 0 bridgehead atoms. The summed E-state index contributed by atoms with van der Waals surface area (Å²) in [5.74, 6) is 1.21. The molecule has 0 atom stereocenters. The van der Waals surface area contributed by atoms with E-state index in [2.05, 4.69) is 59.9 Å². The number of aliphatic imine (C=N–C) groups is 1. The Morgan fingerprint density at radius 2 is 1.58 bits per heavy atom. The van der Waals surface area contributed by atoms with E-state index in [0.29, 0.717) is 0 Å². The molecule has 0 saturated carbocycles. The first-order valence-electron chi connectivity index (χ1n) is 8.84. The quantitative estimate of drug-likeness (QED) is 0.804. The van der Waals surface area contributed by atoms with Crippen molar-refractivity contribution in [1.29, 1.82) is 0 Å². The van der Waals surface area contributed by atoms with Crippen molar-refractivity contribution in [3.8, 4) is 11.1 Å². The molecule has 2 aromatic carbocycles. The topological polar surface area (TPSA) is 24.4 Å². The van der Waals surface area contributed by atoms with Crippen LogP contribution in [0.2, 0.25) is 0 Å². The summed E-state index contributed by atoms with van der Waals surface area (Å²) in [4.78, 5) is 4.70. The van der Waals surface area contributed by atoms with Gasteiger partial charge < -0.3 is 5.32 Å². The van der Waals surface area contributed by atoms with Crippen LogP contribution in [-0.4, -0.2) is 18.9 Å². The van der Waals surface area contributed by atoms with Crippen molar-refractivity contribution in [2.75, 3.05) is 13.1 Å². The van der Waals surface area contributed by atoms with Gasteiger partial charge in [0, 0.05) is 19.5 Å². The molecule has 0 unspecified atom stereocenters. The van der Waals surface area contributed by atoms with Gasteiger partial charge in [0.25, 0.3) is 0 Å². The maximum Gasteiger partial charge on any atom is 0.0963 e. The van der Waals surface area contributed by atoms with Crippen LogP contribution in [0.15, 0.2) is 59.6 Å². The van der Waals surface area contributed by atoms with Gasteiger partial charge >= 0.3 is 0 Å². The monoisotopic (exact) mass is 342 g/mol. The highest BCUT2D eigenvalue weighted by Crippen LogP contribution is 2.23. The molecule has 1 aliphatic heterocycles. The minimum atomic E-state index is 0. The summed E-state index contributed by atoms with van der Waals surface area (Å²) >= 11 is 0. The SMILES string of the molecule is Cl.c1ccc(-c2ccccc2CCNC2=NCCCCCC2)cc1. The maximum absolute atomic E-state index is 4.70. The molecule has 0 saturated heterocycles. The molecule has 2 aromatic rings. The third-order valence-electron chi connectivity index (χ3n) is 4.45. The van der Waals surface area contributed by atoms with Gasteiger partial charge in [-0.3, -0.25) is 4.99 Å². The molecular formula is C21H27ClN2. The van der Waals surface area contributed by atoms with Crippen molar-refractivity contribution in [2.45, 2.75) is 38.5 Å². The van der Waals surface area contributed by atoms with Gasteiger partial charge in [0.2, 0.25) is 0 Å². The highest BCUT2D eigenvalue weighted by atomic mass is 35.5. The number of halogens is 1. The standard InChI is InChI=1S/C21H26N2.ClH/c1-2-9-16-22-21(14-6-1)23-17-15-19-12-7-8-13-20(19)18-10-4-3-5-11-18;/h3-5,7-8,10-13H,1-2,6,9,14-17H2,(H,22,23);1H. The largest absolute Gasteiger partial charge is 0.374 e. The molecule has 3 heteroatoms. The van der Waals surface area contributed by atoms with Gasteiger partial charge in [-0.05, 0) is 36.0 Å². The van der Waals surface area contributed by atoms with Crippen molar-refractivity contribution in [2.24, 2.45) is 4.99 Å². The van der Waals surface area contributed by atoms with Crippen molar-refractivity contribution in [3.63, 3.8) is 0 Å². The Morgan fingerprint density at radius 3 is 2.46 bits per heavy atom. The lowest BCUT2D eigenvalue weighted by molar-refractivity contribution is 0.633. The molecular weight excluding hydrogens is 316 g/mol. The molecule has 2 nitrogen and oxygen atoms in total. The Hall–Kier alpha value is -1.80. The number of hydrogen-bond donors (Lipinski definition) is 1.